The summed E-state index contributed by atoms with van der Waals surface area (Å²) in [7, 11) is -3.25. The second-order valence-corrected chi connectivity index (χ2v) is 7.62. The largest absolute Gasteiger partial charge is 0.388 e. The van der Waals surface area contributed by atoms with Gasteiger partial charge in [-0.05, 0) is 25.7 Å². The molecule has 1 fully saturated rings. The van der Waals surface area contributed by atoms with Crippen LogP contribution in [0.5, 0.6) is 0 Å². The molecule has 2 rings (SSSR count). The Morgan fingerprint density at radius 3 is 2.95 bits per heavy atom. The standard InChI is InChI=1S/C12H21N3O3S/c1-3-7-15-11(13-9-14-15)8-12(16)6-4-5-10(12)19(2,17)18/h9-10,16H,3-8H2,1-2H3. The fourth-order valence-electron chi connectivity index (χ4n) is 2.94. The number of sulfone groups is 1. The number of hydrogen-bond donors (Lipinski definition) is 1. The molecular weight excluding hydrogens is 266 g/mol. The third-order valence-electron chi connectivity index (χ3n) is 3.79. The molecule has 6 nitrogen and oxygen atoms in total. The van der Waals surface area contributed by atoms with Crippen molar-refractivity contribution in [2.45, 2.75) is 56.4 Å². The summed E-state index contributed by atoms with van der Waals surface area (Å²) in [6, 6.07) is 0. The Morgan fingerprint density at radius 2 is 2.32 bits per heavy atom. The van der Waals surface area contributed by atoms with E-state index in [1.165, 1.54) is 12.6 Å². The highest BCUT2D eigenvalue weighted by molar-refractivity contribution is 7.91. The lowest BCUT2D eigenvalue weighted by molar-refractivity contribution is 0.0481. The average molecular weight is 287 g/mol. The molecule has 2 atom stereocenters. The van der Waals surface area contributed by atoms with Crippen molar-refractivity contribution in [3.05, 3.63) is 12.2 Å². The minimum absolute atomic E-state index is 0.255. The third-order valence-corrected chi connectivity index (χ3v) is 5.50. The van der Waals surface area contributed by atoms with Gasteiger partial charge in [0.2, 0.25) is 0 Å². The molecule has 7 heteroatoms. The molecule has 1 N–H and O–H groups in total. The van der Waals surface area contributed by atoms with Crippen LogP contribution in [0.3, 0.4) is 0 Å². The van der Waals surface area contributed by atoms with Crippen molar-refractivity contribution in [3.8, 4) is 0 Å². The van der Waals surface area contributed by atoms with Gasteiger partial charge in [0.05, 0.1) is 10.9 Å². The maximum atomic E-state index is 11.8. The molecule has 0 bridgehead atoms. The smallest absolute Gasteiger partial charge is 0.153 e. The van der Waals surface area contributed by atoms with E-state index in [2.05, 4.69) is 10.1 Å². The summed E-state index contributed by atoms with van der Waals surface area (Å²) in [4.78, 5) is 4.16. The van der Waals surface area contributed by atoms with E-state index >= 15 is 0 Å². The summed E-state index contributed by atoms with van der Waals surface area (Å²) >= 11 is 0. The zero-order valence-corrected chi connectivity index (χ0v) is 12.2. The van der Waals surface area contributed by atoms with Crippen LogP contribution in [-0.2, 0) is 22.8 Å². The summed E-state index contributed by atoms with van der Waals surface area (Å²) in [5.74, 6) is 0.667. The third kappa shape index (κ3) is 2.97. The van der Waals surface area contributed by atoms with Gasteiger partial charge in [-0.1, -0.05) is 6.92 Å². The molecule has 1 aromatic heterocycles. The van der Waals surface area contributed by atoms with E-state index < -0.39 is 20.7 Å². The number of nitrogens with zero attached hydrogens (tertiary/aromatic N) is 3. The predicted octanol–water partition coefficient (Wildman–Crippen LogP) is 0.559. The second-order valence-electron chi connectivity index (χ2n) is 5.39. The van der Waals surface area contributed by atoms with E-state index in [4.69, 9.17) is 0 Å². The highest BCUT2D eigenvalue weighted by atomic mass is 32.2. The lowest BCUT2D eigenvalue weighted by Crippen LogP contribution is -2.44. The molecule has 1 aromatic rings. The van der Waals surface area contributed by atoms with Gasteiger partial charge in [-0.15, -0.1) is 0 Å². The monoisotopic (exact) mass is 287 g/mol. The Bertz CT molecular complexity index is 540. The Balaban J connectivity index is 2.23. The summed E-state index contributed by atoms with van der Waals surface area (Å²) in [5.41, 5.74) is -1.20. The number of aromatic nitrogens is 3. The summed E-state index contributed by atoms with van der Waals surface area (Å²) in [6.07, 6.45) is 5.59. The Hall–Kier alpha value is -0.950. The molecule has 108 valence electrons. The lowest BCUT2D eigenvalue weighted by atomic mass is 9.97. The van der Waals surface area contributed by atoms with Crippen LogP contribution < -0.4 is 0 Å². The molecule has 1 saturated carbocycles. The molecule has 0 radical (unpaired) electrons. The summed E-state index contributed by atoms with van der Waals surface area (Å²) in [5, 5.41) is 14.1. The summed E-state index contributed by atoms with van der Waals surface area (Å²) in [6.45, 7) is 2.77. The first kappa shape index (κ1) is 14.5. The van der Waals surface area contributed by atoms with Crippen LogP contribution in [-0.4, -0.2) is 45.4 Å². The molecule has 1 aliphatic rings. The first-order chi connectivity index (χ1) is 8.87. The van der Waals surface area contributed by atoms with E-state index in [-0.39, 0.29) is 6.42 Å². The second kappa shape index (κ2) is 5.20. The van der Waals surface area contributed by atoms with E-state index in [9.17, 15) is 13.5 Å². The van der Waals surface area contributed by atoms with Crippen LogP contribution in [0.15, 0.2) is 6.33 Å². The normalized spacial score (nSPS) is 27.8. The molecular formula is C12H21N3O3S. The highest BCUT2D eigenvalue weighted by Crippen LogP contribution is 2.36. The first-order valence-electron chi connectivity index (χ1n) is 6.65. The SMILES string of the molecule is CCCn1ncnc1CC1(O)CCCC1S(C)(=O)=O. The number of rotatable bonds is 5. The molecule has 0 aliphatic heterocycles. The number of aliphatic hydroxyl groups is 1. The number of aryl methyl sites for hydroxylation is 1. The highest BCUT2D eigenvalue weighted by Gasteiger charge is 2.47. The Morgan fingerprint density at radius 1 is 1.58 bits per heavy atom. The van der Waals surface area contributed by atoms with Crippen molar-refractivity contribution in [2.24, 2.45) is 0 Å². The van der Waals surface area contributed by atoms with Gasteiger partial charge in [0.15, 0.2) is 9.84 Å². The van der Waals surface area contributed by atoms with Crippen LogP contribution in [0.1, 0.15) is 38.4 Å². The van der Waals surface area contributed by atoms with Crippen molar-refractivity contribution >= 4 is 9.84 Å². The number of hydrogen-bond acceptors (Lipinski definition) is 5. The van der Waals surface area contributed by atoms with Crippen molar-refractivity contribution < 1.29 is 13.5 Å². The molecule has 2 unspecified atom stereocenters. The summed E-state index contributed by atoms with van der Waals surface area (Å²) < 4.78 is 25.3. The van der Waals surface area contributed by atoms with Gasteiger partial charge in [0.1, 0.15) is 12.2 Å². The zero-order chi connectivity index (χ0) is 14.1. The van der Waals surface area contributed by atoms with E-state index in [0.29, 0.717) is 18.7 Å². The van der Waals surface area contributed by atoms with Gasteiger partial charge >= 0.3 is 0 Å². The molecule has 0 saturated heterocycles. The van der Waals surface area contributed by atoms with Gasteiger partial charge < -0.3 is 5.11 Å². The molecule has 0 amide bonds. The first-order valence-corrected chi connectivity index (χ1v) is 8.60. The van der Waals surface area contributed by atoms with Gasteiger partial charge in [0, 0.05) is 19.2 Å². The Labute approximate surface area is 113 Å². The predicted molar refractivity (Wildman–Crippen MR) is 71.4 cm³/mol. The van der Waals surface area contributed by atoms with Crippen LogP contribution in [0, 0.1) is 0 Å². The fourth-order valence-corrected chi connectivity index (χ4v) is 4.53. The molecule has 1 aliphatic carbocycles. The molecule has 19 heavy (non-hydrogen) atoms. The van der Waals surface area contributed by atoms with E-state index in [1.54, 1.807) is 4.68 Å². The minimum atomic E-state index is -3.25. The topological polar surface area (TPSA) is 85.1 Å². The van der Waals surface area contributed by atoms with Crippen LogP contribution in [0.2, 0.25) is 0 Å². The van der Waals surface area contributed by atoms with Crippen LogP contribution in [0.4, 0.5) is 0 Å². The van der Waals surface area contributed by atoms with Gasteiger partial charge in [0.25, 0.3) is 0 Å². The van der Waals surface area contributed by atoms with Gasteiger partial charge in [-0.3, -0.25) is 4.68 Å². The molecule has 0 aromatic carbocycles. The van der Waals surface area contributed by atoms with Crippen LogP contribution in [0.25, 0.3) is 0 Å². The molecule has 0 spiro atoms. The van der Waals surface area contributed by atoms with Crippen molar-refractivity contribution in [2.75, 3.05) is 6.26 Å². The zero-order valence-electron chi connectivity index (χ0n) is 11.4. The van der Waals surface area contributed by atoms with Gasteiger partial charge in [-0.2, -0.15) is 5.10 Å². The quantitative estimate of drug-likeness (QED) is 0.855. The minimum Gasteiger partial charge on any atom is -0.388 e. The maximum Gasteiger partial charge on any atom is 0.153 e. The molecule has 1 heterocycles. The van der Waals surface area contributed by atoms with Gasteiger partial charge in [-0.25, -0.2) is 13.4 Å². The maximum absolute atomic E-state index is 11.8. The van der Waals surface area contributed by atoms with Crippen LogP contribution >= 0.6 is 0 Å². The lowest BCUT2D eigenvalue weighted by Gasteiger charge is -2.28. The van der Waals surface area contributed by atoms with E-state index in [1.807, 2.05) is 6.92 Å². The van der Waals surface area contributed by atoms with Crippen molar-refractivity contribution in [1.29, 1.82) is 0 Å². The average Bonchev–Trinajstić information content (AvgIpc) is 2.86. The van der Waals surface area contributed by atoms with E-state index in [0.717, 1.165) is 19.4 Å². The van der Waals surface area contributed by atoms with Crippen molar-refractivity contribution in [1.82, 2.24) is 14.8 Å². The Kier molecular flexibility index (Phi) is 3.96. The fraction of sp³-hybridized carbons (Fsp3) is 0.833. The van der Waals surface area contributed by atoms with Crippen molar-refractivity contribution in [3.63, 3.8) is 0 Å².